The number of halogens is 2. The fraction of sp³-hybridized carbons (Fsp3) is 0.450. The summed E-state index contributed by atoms with van der Waals surface area (Å²) in [5.41, 5.74) is 6.01. The number of aromatic nitrogens is 2. The molecule has 157 valence electrons. The molecule has 1 aromatic carbocycles. The molecule has 0 aliphatic carbocycles. The number of nitrogens with zero attached hydrogens (tertiary/aromatic N) is 3. The maximum absolute atomic E-state index is 5.62. The number of morpholine rings is 1. The second kappa shape index (κ2) is 9.61. The van der Waals surface area contributed by atoms with E-state index in [0.717, 1.165) is 38.5 Å². The van der Waals surface area contributed by atoms with Crippen LogP contribution in [-0.2, 0) is 26.8 Å². The van der Waals surface area contributed by atoms with Crippen molar-refractivity contribution in [2.45, 2.75) is 26.2 Å². The molecule has 3 rings (SSSR count). The number of rotatable bonds is 3. The third-order valence-corrected chi connectivity index (χ3v) is 22.6. The Hall–Kier alpha value is 0.275. The van der Waals surface area contributed by atoms with E-state index < -0.39 is 16.6 Å². The van der Waals surface area contributed by atoms with Gasteiger partial charge in [0.1, 0.15) is 0 Å². The van der Waals surface area contributed by atoms with Crippen molar-refractivity contribution in [3.05, 3.63) is 51.6 Å². The van der Waals surface area contributed by atoms with Crippen LogP contribution >= 0.6 is 38.7 Å². The Morgan fingerprint density at radius 3 is 2.36 bits per heavy atom. The van der Waals surface area contributed by atoms with Gasteiger partial charge in [-0.3, -0.25) is 0 Å². The van der Waals surface area contributed by atoms with Crippen LogP contribution in [0.15, 0.2) is 36.5 Å². The molecular weight excluding hydrogens is 775 g/mol. The van der Waals surface area contributed by atoms with Gasteiger partial charge in [0.25, 0.3) is 0 Å². The van der Waals surface area contributed by atoms with Gasteiger partial charge in [-0.2, -0.15) is 0 Å². The molecule has 1 saturated heterocycles. The molecule has 0 saturated carbocycles. The molecule has 2 aromatic rings. The first kappa shape index (κ1) is 22.9. The molecule has 1 aliphatic heterocycles. The Bertz CT molecular complexity index is 971. The Labute approximate surface area is 193 Å². The van der Waals surface area contributed by atoms with E-state index in [0.29, 0.717) is 0 Å². The first-order valence-corrected chi connectivity index (χ1v) is 27.8. The van der Waals surface area contributed by atoms with Gasteiger partial charge in [0.05, 0.1) is 0 Å². The zero-order valence-electron chi connectivity index (χ0n) is 16.8. The quantitative estimate of drug-likeness (QED) is 0.255. The fourth-order valence-electron chi connectivity index (χ4n) is 2.86. The summed E-state index contributed by atoms with van der Waals surface area (Å²) >= 11 is 5.54. The van der Waals surface area contributed by atoms with E-state index in [9.17, 15) is 0 Å². The number of benzene rings is 1. The molecule has 2 heterocycles. The van der Waals surface area contributed by atoms with Gasteiger partial charge < -0.3 is 0 Å². The predicted molar refractivity (Wildman–Crippen MR) is 133 cm³/mol. The van der Waals surface area contributed by atoms with Crippen LogP contribution in [0.1, 0.15) is 11.3 Å². The molecule has 0 atom stereocenters. The Morgan fingerprint density at radius 2 is 1.75 bits per heavy atom. The predicted octanol–water partition coefficient (Wildman–Crippen LogP) is 4.74. The molecule has 0 spiro atoms. The zero-order chi connectivity index (χ0) is 20.4. The van der Waals surface area contributed by atoms with Gasteiger partial charge in [0.2, 0.25) is 0 Å². The normalized spacial score (nSPS) is 16.5. The standard InChI is InChI=1S/C16H20N2Si.C4H8NO.2HI.Pt/c1-17-14-18(12-15-8-6-5-7-9-15)13-16(17)10-11-19(2,3)4;1-3-6-4-2-5-1;;;/h5-9,13H,12H2,1-4H3;1-4H2;2*1H;/q;-1;;;+3/p-2. The zero-order valence-corrected chi connectivity index (χ0v) is 24.4. The molecular formula is C20H28I2N3OPtSi. The van der Waals surface area contributed by atoms with Gasteiger partial charge in [0.15, 0.2) is 0 Å². The average molecular weight is 803 g/mol. The van der Waals surface area contributed by atoms with Crippen molar-refractivity contribution in [1.82, 2.24) is 12.6 Å². The molecule has 0 bridgehead atoms. The first-order valence-electron chi connectivity index (χ1n) is 9.24. The summed E-state index contributed by atoms with van der Waals surface area (Å²) in [7, 11) is -1.66. The van der Waals surface area contributed by atoms with E-state index in [4.69, 9.17) is 4.74 Å². The molecule has 0 amide bonds. The van der Waals surface area contributed by atoms with Crippen LogP contribution in [0.2, 0.25) is 19.6 Å². The van der Waals surface area contributed by atoms with E-state index in [2.05, 4.69) is 126 Å². The first-order chi connectivity index (χ1) is 13.2. The van der Waals surface area contributed by atoms with Crippen molar-refractivity contribution < 1.29 is 13.2 Å². The van der Waals surface area contributed by atoms with E-state index in [1.807, 2.05) is 0 Å². The van der Waals surface area contributed by atoms with Crippen LogP contribution < -0.4 is 0 Å². The summed E-state index contributed by atoms with van der Waals surface area (Å²) in [5, 5.41) is 0. The molecule has 0 radical (unpaired) electrons. The van der Waals surface area contributed by atoms with Gasteiger partial charge in [-0.25, -0.2) is 0 Å². The monoisotopic (exact) mass is 803 g/mol. The minimum atomic E-state index is -2.44. The second-order valence-electron chi connectivity index (χ2n) is 7.75. The van der Waals surface area contributed by atoms with Crippen molar-refractivity contribution in [1.29, 1.82) is 0 Å². The van der Waals surface area contributed by atoms with Crippen molar-refractivity contribution in [2.24, 2.45) is 7.05 Å². The van der Waals surface area contributed by atoms with Gasteiger partial charge in [-0.05, 0) is 0 Å². The SMILES string of the molecule is Cn1c(C#C[Si](C)(C)C)cn(Cc2ccccc2)[c]1=[Pt]([I])([I])[N]1CCOCC1. The van der Waals surface area contributed by atoms with E-state index in [1.165, 1.54) is 9.37 Å². The van der Waals surface area contributed by atoms with Gasteiger partial charge >= 0.3 is 195 Å². The van der Waals surface area contributed by atoms with Crippen LogP contribution in [0.5, 0.6) is 0 Å². The molecule has 28 heavy (non-hydrogen) atoms. The minimum absolute atomic E-state index is 0.836. The third kappa shape index (κ3) is 5.70. The Balaban J connectivity index is 2.19. The average Bonchev–Trinajstić information content (AvgIpc) is 2.97. The maximum atomic E-state index is 5.62. The van der Waals surface area contributed by atoms with Crippen LogP contribution in [0.3, 0.4) is 0 Å². The van der Waals surface area contributed by atoms with E-state index in [1.54, 1.807) is 0 Å². The number of hydrogen-bond donors (Lipinski definition) is 0. The molecule has 1 fully saturated rings. The van der Waals surface area contributed by atoms with Crippen LogP contribution in [0.4, 0.5) is 0 Å². The molecule has 8 heteroatoms. The molecule has 1 aliphatic rings. The number of ether oxygens (including phenoxy) is 1. The van der Waals surface area contributed by atoms with Gasteiger partial charge in [0, 0.05) is 0 Å². The number of hydrogen-bond acceptors (Lipinski definition) is 2. The number of imidazole rings is 1. The molecule has 0 N–H and O–H groups in total. The summed E-state index contributed by atoms with van der Waals surface area (Å²) in [6, 6.07) is 10.7. The molecule has 1 aromatic heterocycles. The topological polar surface area (TPSA) is 22.3 Å². The summed E-state index contributed by atoms with van der Waals surface area (Å²) < 4.78 is 14.6. The van der Waals surface area contributed by atoms with Gasteiger partial charge in [-0.1, -0.05) is 0 Å². The van der Waals surface area contributed by atoms with Crippen LogP contribution in [0.25, 0.3) is 0 Å². The van der Waals surface area contributed by atoms with E-state index >= 15 is 0 Å². The fourth-order valence-corrected chi connectivity index (χ4v) is 19.9. The van der Waals surface area contributed by atoms with E-state index in [-0.39, 0.29) is 0 Å². The van der Waals surface area contributed by atoms with Gasteiger partial charge in [-0.15, -0.1) is 0 Å². The summed E-state index contributed by atoms with van der Waals surface area (Å²) in [6.45, 7) is 11.5. The molecule has 4 nitrogen and oxygen atoms in total. The Kier molecular flexibility index (Phi) is 7.87. The van der Waals surface area contributed by atoms with Crippen LogP contribution in [0, 0.1) is 15.3 Å². The van der Waals surface area contributed by atoms with Crippen molar-refractivity contribution in [3.63, 3.8) is 0 Å². The second-order valence-corrected chi connectivity index (χ2v) is 44.3. The molecule has 0 unspecified atom stereocenters. The van der Waals surface area contributed by atoms with Crippen molar-refractivity contribution in [3.8, 4) is 11.5 Å². The summed E-state index contributed by atoms with van der Waals surface area (Å²) in [5.74, 6) is 3.51. The van der Waals surface area contributed by atoms with Crippen LogP contribution in [-0.4, -0.2) is 47.0 Å². The summed E-state index contributed by atoms with van der Waals surface area (Å²) in [4.78, 5) is 0. The van der Waals surface area contributed by atoms with Crippen molar-refractivity contribution in [2.75, 3.05) is 26.3 Å². The Morgan fingerprint density at radius 1 is 1.11 bits per heavy atom. The van der Waals surface area contributed by atoms with Crippen molar-refractivity contribution >= 4 is 46.8 Å². The third-order valence-electron chi connectivity index (χ3n) is 4.23. The summed E-state index contributed by atoms with van der Waals surface area (Å²) in [6.07, 6.45) is 2.27.